The molecule has 0 unspecified atom stereocenters. The maximum absolute atomic E-state index is 11.7. The standard InChI is InChI=1S/C12H17BrN2O4.C3H8/c1-3-18-11(16)6-5-7-15-9(8-10(13)14-15)12(17)19-4-2;1-3-2/h8H,3-7H2,1-2H3;3H2,1-2H3. The summed E-state index contributed by atoms with van der Waals surface area (Å²) in [5.74, 6) is -0.664. The van der Waals surface area contributed by atoms with Crippen LogP contribution < -0.4 is 0 Å². The average molecular weight is 377 g/mol. The average Bonchev–Trinajstić information content (AvgIpc) is 2.81. The number of nitrogens with zero attached hydrogens (tertiary/aromatic N) is 2. The van der Waals surface area contributed by atoms with Crippen molar-refractivity contribution in [2.24, 2.45) is 0 Å². The summed E-state index contributed by atoms with van der Waals surface area (Å²) in [6.45, 7) is 8.90. The van der Waals surface area contributed by atoms with E-state index >= 15 is 0 Å². The molecule has 0 aliphatic heterocycles. The van der Waals surface area contributed by atoms with E-state index in [-0.39, 0.29) is 5.97 Å². The Bertz CT molecular complexity index is 460. The van der Waals surface area contributed by atoms with Crippen LogP contribution in [0, 0.1) is 0 Å². The fourth-order valence-corrected chi connectivity index (χ4v) is 1.94. The molecule has 0 aliphatic rings. The third kappa shape index (κ3) is 8.17. The zero-order valence-corrected chi connectivity index (χ0v) is 15.3. The lowest BCUT2D eigenvalue weighted by molar-refractivity contribution is -0.143. The number of halogens is 1. The van der Waals surface area contributed by atoms with E-state index in [9.17, 15) is 9.59 Å². The van der Waals surface area contributed by atoms with E-state index in [0.717, 1.165) is 0 Å². The second-order valence-corrected chi connectivity index (χ2v) is 5.22. The van der Waals surface area contributed by atoms with Gasteiger partial charge in [0.15, 0.2) is 0 Å². The molecule has 1 rings (SSSR count). The van der Waals surface area contributed by atoms with Crippen LogP contribution >= 0.6 is 15.9 Å². The van der Waals surface area contributed by atoms with Crippen molar-refractivity contribution in [2.45, 2.75) is 53.5 Å². The Morgan fingerprint density at radius 3 is 2.32 bits per heavy atom. The minimum Gasteiger partial charge on any atom is -0.466 e. The SMILES string of the molecule is CCC.CCOC(=O)CCCn1nc(Br)cc1C(=O)OCC. The molecule has 0 saturated carbocycles. The van der Waals surface area contributed by atoms with Crippen molar-refractivity contribution >= 4 is 27.9 Å². The molecule has 1 aromatic rings. The number of ether oxygens (including phenoxy) is 2. The quantitative estimate of drug-likeness (QED) is 0.680. The molecule has 0 saturated heterocycles. The predicted molar refractivity (Wildman–Crippen MR) is 87.7 cm³/mol. The molecular formula is C15H25BrN2O4. The minimum atomic E-state index is -0.420. The second kappa shape index (κ2) is 12.2. The first-order valence-electron chi connectivity index (χ1n) is 7.56. The number of hydrogen-bond donors (Lipinski definition) is 0. The zero-order valence-electron chi connectivity index (χ0n) is 13.7. The van der Waals surface area contributed by atoms with E-state index in [1.54, 1.807) is 19.9 Å². The molecule has 0 spiro atoms. The first-order chi connectivity index (χ1) is 10.5. The number of esters is 2. The van der Waals surface area contributed by atoms with Gasteiger partial charge < -0.3 is 9.47 Å². The number of carbonyl (C=O) groups excluding carboxylic acids is 2. The van der Waals surface area contributed by atoms with Crippen LogP contribution in [0.3, 0.4) is 0 Å². The van der Waals surface area contributed by atoms with Gasteiger partial charge in [0.25, 0.3) is 0 Å². The highest BCUT2D eigenvalue weighted by atomic mass is 79.9. The van der Waals surface area contributed by atoms with Crippen molar-refractivity contribution in [1.29, 1.82) is 0 Å². The first kappa shape index (κ1) is 20.6. The third-order valence-electron chi connectivity index (χ3n) is 2.29. The molecule has 0 bridgehead atoms. The highest BCUT2D eigenvalue weighted by Crippen LogP contribution is 2.13. The Labute approximate surface area is 140 Å². The van der Waals surface area contributed by atoms with Gasteiger partial charge in [0.05, 0.1) is 13.2 Å². The van der Waals surface area contributed by atoms with Crippen LogP contribution in [-0.2, 0) is 20.8 Å². The van der Waals surface area contributed by atoms with Crippen LogP contribution in [0.4, 0.5) is 0 Å². The Morgan fingerprint density at radius 1 is 1.18 bits per heavy atom. The fraction of sp³-hybridized carbons (Fsp3) is 0.667. The molecule has 7 heteroatoms. The minimum absolute atomic E-state index is 0.244. The van der Waals surface area contributed by atoms with Crippen molar-refractivity contribution in [2.75, 3.05) is 13.2 Å². The molecule has 0 fully saturated rings. The molecule has 0 aliphatic carbocycles. The smallest absolute Gasteiger partial charge is 0.356 e. The largest absolute Gasteiger partial charge is 0.466 e. The summed E-state index contributed by atoms with van der Waals surface area (Å²) in [6.07, 6.45) is 2.10. The maximum atomic E-state index is 11.7. The summed E-state index contributed by atoms with van der Waals surface area (Å²) in [6, 6.07) is 1.60. The van der Waals surface area contributed by atoms with Crippen molar-refractivity contribution in [3.8, 4) is 0 Å². The Morgan fingerprint density at radius 2 is 1.77 bits per heavy atom. The number of aromatic nitrogens is 2. The molecule has 126 valence electrons. The summed E-state index contributed by atoms with van der Waals surface area (Å²) < 4.78 is 11.9. The summed E-state index contributed by atoms with van der Waals surface area (Å²) >= 11 is 3.22. The summed E-state index contributed by atoms with van der Waals surface area (Å²) in [5.41, 5.74) is 0.373. The Balaban J connectivity index is 0.00000135. The molecule has 0 radical (unpaired) electrons. The van der Waals surface area contributed by atoms with Crippen LogP contribution in [0.25, 0.3) is 0 Å². The van der Waals surface area contributed by atoms with Crippen LogP contribution in [-0.4, -0.2) is 34.9 Å². The number of hydrogen-bond acceptors (Lipinski definition) is 5. The lowest BCUT2D eigenvalue weighted by Gasteiger charge is -2.06. The van der Waals surface area contributed by atoms with E-state index in [1.807, 2.05) is 0 Å². The molecule has 0 atom stereocenters. The Kier molecular flexibility index (Phi) is 11.4. The summed E-state index contributed by atoms with van der Waals surface area (Å²) in [5, 5.41) is 4.14. The van der Waals surface area contributed by atoms with Gasteiger partial charge in [-0.15, -0.1) is 0 Å². The second-order valence-electron chi connectivity index (χ2n) is 4.41. The van der Waals surface area contributed by atoms with Gasteiger partial charge in [-0.1, -0.05) is 20.3 Å². The van der Waals surface area contributed by atoms with Gasteiger partial charge >= 0.3 is 11.9 Å². The zero-order chi connectivity index (χ0) is 17.0. The van der Waals surface area contributed by atoms with Crippen molar-refractivity contribution in [3.05, 3.63) is 16.4 Å². The third-order valence-corrected chi connectivity index (χ3v) is 2.68. The molecule has 0 aromatic carbocycles. The van der Waals surface area contributed by atoms with Crippen LogP contribution in [0.2, 0.25) is 0 Å². The van der Waals surface area contributed by atoms with Gasteiger partial charge in [0.1, 0.15) is 10.3 Å². The summed E-state index contributed by atoms with van der Waals surface area (Å²) in [4.78, 5) is 22.9. The Hall–Kier alpha value is -1.37. The van der Waals surface area contributed by atoms with Crippen molar-refractivity contribution in [1.82, 2.24) is 9.78 Å². The van der Waals surface area contributed by atoms with E-state index < -0.39 is 5.97 Å². The molecule has 22 heavy (non-hydrogen) atoms. The van der Waals surface area contributed by atoms with E-state index in [0.29, 0.717) is 42.9 Å². The van der Waals surface area contributed by atoms with E-state index in [1.165, 1.54) is 11.1 Å². The number of rotatable bonds is 7. The van der Waals surface area contributed by atoms with Crippen LogP contribution in [0.15, 0.2) is 10.7 Å². The van der Waals surface area contributed by atoms with Crippen molar-refractivity contribution < 1.29 is 19.1 Å². The van der Waals surface area contributed by atoms with Gasteiger partial charge in [0.2, 0.25) is 0 Å². The molecule has 1 aromatic heterocycles. The predicted octanol–water partition coefficient (Wildman–Crippen LogP) is 3.58. The highest BCUT2D eigenvalue weighted by Gasteiger charge is 2.15. The molecule has 0 N–H and O–H groups in total. The van der Waals surface area contributed by atoms with Crippen LogP contribution in [0.5, 0.6) is 0 Å². The van der Waals surface area contributed by atoms with Gasteiger partial charge in [-0.3, -0.25) is 9.48 Å². The van der Waals surface area contributed by atoms with E-state index in [2.05, 4.69) is 34.9 Å². The highest BCUT2D eigenvalue weighted by molar-refractivity contribution is 9.10. The van der Waals surface area contributed by atoms with Gasteiger partial charge in [-0.05, 0) is 36.2 Å². The number of carbonyl (C=O) groups is 2. The lowest BCUT2D eigenvalue weighted by Crippen LogP contribution is -2.14. The molecular weight excluding hydrogens is 352 g/mol. The summed E-state index contributed by atoms with van der Waals surface area (Å²) in [7, 11) is 0. The molecule has 1 heterocycles. The maximum Gasteiger partial charge on any atom is 0.356 e. The normalized spacial score (nSPS) is 9.68. The van der Waals surface area contributed by atoms with Gasteiger partial charge in [0, 0.05) is 19.0 Å². The van der Waals surface area contributed by atoms with Gasteiger partial charge in [-0.25, -0.2) is 4.79 Å². The molecule has 6 nitrogen and oxygen atoms in total. The van der Waals surface area contributed by atoms with E-state index in [4.69, 9.17) is 9.47 Å². The number of aryl methyl sites for hydroxylation is 1. The monoisotopic (exact) mass is 376 g/mol. The fourth-order valence-electron chi connectivity index (χ4n) is 1.53. The first-order valence-corrected chi connectivity index (χ1v) is 8.35. The topological polar surface area (TPSA) is 70.4 Å². The van der Waals surface area contributed by atoms with Crippen molar-refractivity contribution in [3.63, 3.8) is 0 Å². The van der Waals surface area contributed by atoms with Gasteiger partial charge in [-0.2, -0.15) is 5.10 Å². The molecule has 0 amide bonds. The lowest BCUT2D eigenvalue weighted by atomic mass is 10.3. The van der Waals surface area contributed by atoms with Crippen LogP contribution in [0.1, 0.15) is 57.4 Å².